The van der Waals surface area contributed by atoms with Gasteiger partial charge in [-0.15, -0.1) is 11.3 Å². The van der Waals surface area contributed by atoms with Crippen molar-refractivity contribution < 1.29 is 0 Å². The SMILES string of the molecule is CC(C)c1cccc(C(C)C)c1-n1ccnc1-c1sccc1C1(C)C[C@H]1C. The van der Waals surface area contributed by atoms with Gasteiger partial charge in [0.2, 0.25) is 0 Å². The minimum absolute atomic E-state index is 0.310. The van der Waals surface area contributed by atoms with Gasteiger partial charge < -0.3 is 0 Å². The molecule has 0 radical (unpaired) electrons. The lowest BCUT2D eigenvalue weighted by Crippen LogP contribution is -2.09. The Morgan fingerprint density at radius 2 is 1.74 bits per heavy atom. The maximum atomic E-state index is 4.84. The molecule has 1 unspecified atom stereocenters. The van der Waals surface area contributed by atoms with Gasteiger partial charge in [0, 0.05) is 12.4 Å². The van der Waals surface area contributed by atoms with E-state index in [4.69, 9.17) is 4.98 Å². The Labute approximate surface area is 167 Å². The first-order valence-electron chi connectivity index (χ1n) is 10.1. The molecule has 0 aliphatic heterocycles. The van der Waals surface area contributed by atoms with Gasteiger partial charge in [-0.05, 0) is 57.7 Å². The predicted octanol–water partition coefficient (Wildman–Crippen LogP) is 7.15. The molecule has 2 aromatic heterocycles. The molecule has 27 heavy (non-hydrogen) atoms. The van der Waals surface area contributed by atoms with Crippen molar-refractivity contribution in [3.05, 3.63) is 58.7 Å². The lowest BCUT2D eigenvalue weighted by atomic mass is 9.92. The van der Waals surface area contributed by atoms with Crippen LogP contribution in [0.25, 0.3) is 16.4 Å². The van der Waals surface area contributed by atoms with Crippen LogP contribution in [0.5, 0.6) is 0 Å². The summed E-state index contributed by atoms with van der Waals surface area (Å²) in [5.41, 5.74) is 5.89. The second-order valence-electron chi connectivity index (χ2n) is 8.90. The molecule has 2 nitrogen and oxygen atoms in total. The summed E-state index contributed by atoms with van der Waals surface area (Å²) >= 11 is 1.83. The molecule has 1 aliphatic carbocycles. The van der Waals surface area contributed by atoms with Gasteiger partial charge in [0.05, 0.1) is 10.6 Å². The van der Waals surface area contributed by atoms with Crippen LogP contribution >= 0.6 is 11.3 Å². The third kappa shape index (κ3) is 2.97. The van der Waals surface area contributed by atoms with E-state index in [1.807, 2.05) is 17.5 Å². The molecule has 1 aliphatic rings. The Morgan fingerprint density at radius 1 is 1.11 bits per heavy atom. The molecular weight excluding hydrogens is 348 g/mol. The molecule has 2 atom stereocenters. The van der Waals surface area contributed by atoms with Crippen molar-refractivity contribution in [2.75, 3.05) is 0 Å². The predicted molar refractivity (Wildman–Crippen MR) is 116 cm³/mol. The van der Waals surface area contributed by atoms with Gasteiger partial charge in [0.25, 0.3) is 0 Å². The van der Waals surface area contributed by atoms with Crippen molar-refractivity contribution in [3.8, 4) is 16.4 Å². The maximum absolute atomic E-state index is 4.84. The maximum Gasteiger partial charge on any atom is 0.154 e. The van der Waals surface area contributed by atoms with Crippen LogP contribution in [-0.4, -0.2) is 9.55 Å². The molecule has 0 bridgehead atoms. The molecule has 2 heterocycles. The van der Waals surface area contributed by atoms with Gasteiger partial charge in [-0.1, -0.05) is 59.7 Å². The van der Waals surface area contributed by atoms with E-state index in [0.717, 1.165) is 11.7 Å². The normalized spacial score (nSPS) is 22.0. The number of para-hydroxylation sites is 1. The molecular formula is C24H30N2S. The van der Waals surface area contributed by atoms with Crippen LogP contribution in [-0.2, 0) is 5.41 Å². The standard InChI is InChI=1S/C24H30N2S/c1-15(2)18-8-7-9-19(16(3)4)21(18)26-12-11-25-23(26)22-20(10-13-27-22)24(6)14-17(24)5/h7-13,15-17H,14H2,1-6H3/t17-,24?/m1/s1. The van der Waals surface area contributed by atoms with Crippen LogP contribution in [0, 0.1) is 5.92 Å². The van der Waals surface area contributed by atoms with Gasteiger partial charge >= 0.3 is 0 Å². The van der Waals surface area contributed by atoms with Crippen molar-refractivity contribution in [2.45, 2.75) is 65.2 Å². The molecule has 4 rings (SSSR count). The smallest absolute Gasteiger partial charge is 0.154 e. The van der Waals surface area contributed by atoms with E-state index in [1.54, 1.807) is 0 Å². The highest BCUT2D eigenvalue weighted by Crippen LogP contribution is 2.57. The Bertz CT molecular complexity index is 936. The van der Waals surface area contributed by atoms with Crippen molar-refractivity contribution >= 4 is 11.3 Å². The molecule has 0 saturated heterocycles. The summed E-state index contributed by atoms with van der Waals surface area (Å²) in [5, 5.41) is 2.23. The summed E-state index contributed by atoms with van der Waals surface area (Å²) in [6.07, 6.45) is 5.38. The third-order valence-corrected chi connectivity index (χ3v) is 7.28. The minimum atomic E-state index is 0.310. The summed E-state index contributed by atoms with van der Waals surface area (Å²) < 4.78 is 2.34. The monoisotopic (exact) mass is 378 g/mol. The van der Waals surface area contributed by atoms with Gasteiger partial charge in [0.15, 0.2) is 5.82 Å². The average Bonchev–Trinajstić information content (AvgIpc) is 3.07. The van der Waals surface area contributed by atoms with E-state index in [9.17, 15) is 0 Å². The van der Waals surface area contributed by atoms with Gasteiger partial charge in [0.1, 0.15) is 0 Å². The van der Waals surface area contributed by atoms with Crippen LogP contribution in [0.3, 0.4) is 0 Å². The first kappa shape index (κ1) is 18.5. The highest BCUT2D eigenvalue weighted by molar-refractivity contribution is 7.13. The minimum Gasteiger partial charge on any atom is -0.299 e. The molecule has 1 saturated carbocycles. The molecule has 142 valence electrons. The number of imidazole rings is 1. The summed E-state index contributed by atoms with van der Waals surface area (Å²) in [7, 11) is 0. The molecule has 0 amide bonds. The summed E-state index contributed by atoms with van der Waals surface area (Å²) in [6.45, 7) is 13.9. The second-order valence-corrected chi connectivity index (χ2v) is 9.82. The first-order chi connectivity index (χ1) is 12.8. The van der Waals surface area contributed by atoms with E-state index in [1.165, 1.54) is 33.7 Å². The van der Waals surface area contributed by atoms with Gasteiger partial charge in [-0.3, -0.25) is 4.57 Å². The molecule has 1 aromatic carbocycles. The zero-order valence-electron chi connectivity index (χ0n) is 17.3. The number of rotatable bonds is 5. The molecule has 3 aromatic rings. The van der Waals surface area contributed by atoms with Gasteiger partial charge in [-0.2, -0.15) is 0 Å². The summed E-state index contributed by atoms with van der Waals surface area (Å²) in [6, 6.07) is 9.07. The fraction of sp³-hybridized carbons (Fsp3) is 0.458. The van der Waals surface area contributed by atoms with Crippen molar-refractivity contribution in [1.82, 2.24) is 9.55 Å². The van der Waals surface area contributed by atoms with Crippen LogP contribution in [0.1, 0.15) is 76.5 Å². The summed E-state index contributed by atoms with van der Waals surface area (Å²) in [5.74, 6) is 2.79. The average molecular weight is 379 g/mol. The fourth-order valence-electron chi connectivity index (χ4n) is 4.33. The molecule has 0 N–H and O–H groups in total. The lowest BCUT2D eigenvalue weighted by molar-refractivity contribution is 0.705. The van der Waals surface area contributed by atoms with E-state index < -0.39 is 0 Å². The second kappa shape index (κ2) is 6.63. The van der Waals surface area contributed by atoms with Crippen LogP contribution in [0.15, 0.2) is 42.0 Å². The van der Waals surface area contributed by atoms with Crippen LogP contribution in [0.2, 0.25) is 0 Å². The van der Waals surface area contributed by atoms with E-state index in [-0.39, 0.29) is 0 Å². The van der Waals surface area contributed by atoms with Crippen LogP contribution < -0.4 is 0 Å². The van der Waals surface area contributed by atoms with E-state index in [0.29, 0.717) is 17.3 Å². The molecule has 1 fully saturated rings. The Balaban J connectivity index is 1.92. The highest BCUT2D eigenvalue weighted by Gasteiger charge is 2.49. The number of nitrogens with zero attached hydrogens (tertiary/aromatic N) is 2. The fourth-order valence-corrected chi connectivity index (χ4v) is 5.35. The molecule has 3 heteroatoms. The topological polar surface area (TPSA) is 17.8 Å². The van der Waals surface area contributed by atoms with Gasteiger partial charge in [-0.25, -0.2) is 4.98 Å². The Morgan fingerprint density at radius 3 is 2.30 bits per heavy atom. The first-order valence-corrected chi connectivity index (χ1v) is 11.0. The van der Waals surface area contributed by atoms with Crippen LogP contribution in [0.4, 0.5) is 0 Å². The van der Waals surface area contributed by atoms with Crippen molar-refractivity contribution in [1.29, 1.82) is 0 Å². The number of hydrogen-bond donors (Lipinski definition) is 0. The number of thiophene rings is 1. The number of hydrogen-bond acceptors (Lipinski definition) is 2. The van der Waals surface area contributed by atoms with E-state index >= 15 is 0 Å². The Hall–Kier alpha value is -1.87. The number of benzene rings is 1. The van der Waals surface area contributed by atoms with Crippen molar-refractivity contribution in [3.63, 3.8) is 0 Å². The van der Waals surface area contributed by atoms with Crippen molar-refractivity contribution in [2.24, 2.45) is 5.92 Å². The zero-order chi connectivity index (χ0) is 19.3. The largest absolute Gasteiger partial charge is 0.299 e. The number of aromatic nitrogens is 2. The quantitative estimate of drug-likeness (QED) is 0.461. The zero-order valence-corrected chi connectivity index (χ0v) is 18.1. The van der Waals surface area contributed by atoms with E-state index in [2.05, 4.69) is 82.0 Å². The third-order valence-electron chi connectivity index (χ3n) is 6.37. The molecule has 0 spiro atoms. The summed E-state index contributed by atoms with van der Waals surface area (Å²) in [4.78, 5) is 6.17. The highest BCUT2D eigenvalue weighted by atomic mass is 32.1. The Kier molecular flexibility index (Phi) is 4.54. The lowest BCUT2D eigenvalue weighted by Gasteiger charge is -2.22.